The van der Waals surface area contributed by atoms with Gasteiger partial charge in [0, 0.05) is 7.11 Å². The Kier molecular flexibility index (Phi) is 4.27. The third-order valence-electron chi connectivity index (χ3n) is 0.894. The largest absolute Gasteiger partial charge is 0.381 e. The van der Waals surface area contributed by atoms with Crippen LogP contribution in [-0.4, -0.2) is 13.7 Å². The fourth-order valence-electron chi connectivity index (χ4n) is 0.298. The standard InChI is InChI=1S/C7H12O/c1-4-7(2)5-6-8-3/h4-5H,1,6H2,2-3H3/b7-5+. The van der Waals surface area contributed by atoms with Gasteiger partial charge < -0.3 is 4.74 Å². The number of hydrogen-bond acceptors (Lipinski definition) is 1. The normalized spacial score (nSPS) is 11.5. The molecule has 0 saturated heterocycles. The minimum Gasteiger partial charge on any atom is -0.381 e. The van der Waals surface area contributed by atoms with E-state index in [9.17, 15) is 0 Å². The van der Waals surface area contributed by atoms with Crippen molar-refractivity contribution in [3.05, 3.63) is 24.3 Å². The first kappa shape index (κ1) is 7.44. The third kappa shape index (κ3) is 3.62. The topological polar surface area (TPSA) is 9.23 Å². The molecule has 0 aliphatic rings. The number of ether oxygens (including phenoxy) is 1. The molecule has 0 unspecified atom stereocenters. The number of methoxy groups -OCH3 is 1. The summed E-state index contributed by atoms with van der Waals surface area (Å²) in [6, 6.07) is 0. The van der Waals surface area contributed by atoms with Crippen molar-refractivity contribution in [2.75, 3.05) is 13.7 Å². The smallest absolute Gasteiger partial charge is 0.0649 e. The molecule has 8 heavy (non-hydrogen) atoms. The molecule has 0 aliphatic carbocycles. The van der Waals surface area contributed by atoms with Gasteiger partial charge in [0.15, 0.2) is 0 Å². The van der Waals surface area contributed by atoms with Crippen molar-refractivity contribution in [2.45, 2.75) is 6.92 Å². The van der Waals surface area contributed by atoms with Crippen LogP contribution in [0.4, 0.5) is 0 Å². The summed E-state index contributed by atoms with van der Waals surface area (Å²) in [7, 11) is 1.67. The minimum absolute atomic E-state index is 0.678. The second-order valence-corrected chi connectivity index (χ2v) is 1.61. The molecule has 0 bridgehead atoms. The van der Waals surface area contributed by atoms with Crippen LogP contribution in [0, 0.1) is 0 Å². The average molecular weight is 112 g/mol. The lowest BCUT2D eigenvalue weighted by Crippen LogP contribution is -1.81. The molecule has 0 rings (SSSR count). The molecule has 46 valence electrons. The Hall–Kier alpha value is -0.560. The Morgan fingerprint density at radius 3 is 2.75 bits per heavy atom. The maximum Gasteiger partial charge on any atom is 0.0649 e. The van der Waals surface area contributed by atoms with Crippen LogP contribution in [-0.2, 0) is 4.74 Å². The molecule has 0 amide bonds. The Balaban J connectivity index is 3.40. The maximum absolute atomic E-state index is 4.79. The van der Waals surface area contributed by atoms with Crippen LogP contribution in [0.5, 0.6) is 0 Å². The summed E-state index contributed by atoms with van der Waals surface area (Å²) in [4.78, 5) is 0. The number of allylic oxidation sites excluding steroid dienone is 2. The Labute approximate surface area is 50.7 Å². The fraction of sp³-hybridized carbons (Fsp3) is 0.429. The molecule has 0 radical (unpaired) electrons. The van der Waals surface area contributed by atoms with Crippen LogP contribution in [0.1, 0.15) is 6.92 Å². The molecule has 0 saturated carbocycles. The second kappa shape index (κ2) is 4.60. The molecule has 0 aromatic rings. The van der Waals surface area contributed by atoms with E-state index in [1.807, 2.05) is 13.0 Å². The third-order valence-corrected chi connectivity index (χ3v) is 0.894. The van der Waals surface area contributed by atoms with Crippen molar-refractivity contribution < 1.29 is 4.74 Å². The van der Waals surface area contributed by atoms with Gasteiger partial charge in [0.1, 0.15) is 0 Å². The minimum atomic E-state index is 0.678. The van der Waals surface area contributed by atoms with Crippen LogP contribution in [0.3, 0.4) is 0 Å². The van der Waals surface area contributed by atoms with E-state index in [0.717, 1.165) is 5.57 Å². The number of rotatable bonds is 3. The van der Waals surface area contributed by atoms with Crippen LogP contribution in [0.15, 0.2) is 24.3 Å². The van der Waals surface area contributed by atoms with Crippen molar-refractivity contribution in [3.63, 3.8) is 0 Å². The van der Waals surface area contributed by atoms with E-state index in [1.54, 1.807) is 13.2 Å². The lowest BCUT2D eigenvalue weighted by Gasteiger charge is -1.89. The SMILES string of the molecule is C=C/C(C)=C/COC. The number of hydrogen-bond donors (Lipinski definition) is 0. The summed E-state index contributed by atoms with van der Waals surface area (Å²) in [5, 5.41) is 0. The van der Waals surface area contributed by atoms with Gasteiger partial charge in [-0.05, 0) is 6.92 Å². The summed E-state index contributed by atoms with van der Waals surface area (Å²) in [6.45, 7) is 6.26. The predicted octanol–water partition coefficient (Wildman–Crippen LogP) is 1.77. The first-order valence-corrected chi connectivity index (χ1v) is 2.59. The Morgan fingerprint density at radius 1 is 1.75 bits per heavy atom. The highest BCUT2D eigenvalue weighted by Crippen LogP contribution is 1.90. The predicted molar refractivity (Wildman–Crippen MR) is 35.8 cm³/mol. The lowest BCUT2D eigenvalue weighted by atomic mass is 10.3. The Morgan fingerprint density at radius 2 is 2.38 bits per heavy atom. The van der Waals surface area contributed by atoms with E-state index in [2.05, 4.69) is 6.58 Å². The summed E-state index contributed by atoms with van der Waals surface area (Å²) in [6.07, 6.45) is 3.78. The fourth-order valence-corrected chi connectivity index (χ4v) is 0.298. The zero-order valence-corrected chi connectivity index (χ0v) is 5.48. The molecule has 0 fully saturated rings. The summed E-state index contributed by atoms with van der Waals surface area (Å²) in [5.74, 6) is 0. The van der Waals surface area contributed by atoms with Crippen LogP contribution >= 0.6 is 0 Å². The highest BCUT2D eigenvalue weighted by atomic mass is 16.5. The van der Waals surface area contributed by atoms with Crippen LogP contribution < -0.4 is 0 Å². The highest BCUT2D eigenvalue weighted by molar-refractivity contribution is 5.12. The highest BCUT2D eigenvalue weighted by Gasteiger charge is 1.75. The molecule has 0 spiro atoms. The van der Waals surface area contributed by atoms with E-state index >= 15 is 0 Å². The van der Waals surface area contributed by atoms with E-state index in [1.165, 1.54) is 0 Å². The molecule has 0 aliphatic heterocycles. The lowest BCUT2D eigenvalue weighted by molar-refractivity contribution is 0.233. The van der Waals surface area contributed by atoms with Crippen molar-refractivity contribution >= 4 is 0 Å². The van der Waals surface area contributed by atoms with Gasteiger partial charge >= 0.3 is 0 Å². The van der Waals surface area contributed by atoms with Gasteiger partial charge in [0.2, 0.25) is 0 Å². The zero-order valence-electron chi connectivity index (χ0n) is 5.48. The summed E-state index contributed by atoms with van der Waals surface area (Å²) >= 11 is 0. The van der Waals surface area contributed by atoms with Crippen molar-refractivity contribution in [2.24, 2.45) is 0 Å². The van der Waals surface area contributed by atoms with Crippen LogP contribution in [0.25, 0.3) is 0 Å². The van der Waals surface area contributed by atoms with Crippen molar-refractivity contribution in [1.29, 1.82) is 0 Å². The average Bonchev–Trinajstić information content (AvgIpc) is 1.83. The summed E-state index contributed by atoms with van der Waals surface area (Å²) in [5.41, 5.74) is 1.16. The van der Waals surface area contributed by atoms with Gasteiger partial charge in [-0.3, -0.25) is 0 Å². The molecule has 0 aromatic carbocycles. The van der Waals surface area contributed by atoms with Crippen molar-refractivity contribution in [3.8, 4) is 0 Å². The van der Waals surface area contributed by atoms with Gasteiger partial charge in [0.05, 0.1) is 6.61 Å². The molecule has 0 heterocycles. The quantitative estimate of drug-likeness (QED) is 0.505. The summed E-state index contributed by atoms with van der Waals surface area (Å²) < 4.78 is 4.79. The van der Waals surface area contributed by atoms with E-state index in [4.69, 9.17) is 4.74 Å². The van der Waals surface area contributed by atoms with E-state index in [-0.39, 0.29) is 0 Å². The van der Waals surface area contributed by atoms with Gasteiger partial charge in [0.25, 0.3) is 0 Å². The monoisotopic (exact) mass is 112 g/mol. The van der Waals surface area contributed by atoms with E-state index in [0.29, 0.717) is 6.61 Å². The van der Waals surface area contributed by atoms with Crippen molar-refractivity contribution in [1.82, 2.24) is 0 Å². The van der Waals surface area contributed by atoms with Gasteiger partial charge in [-0.15, -0.1) is 0 Å². The molecule has 0 N–H and O–H groups in total. The van der Waals surface area contributed by atoms with Gasteiger partial charge in [-0.25, -0.2) is 0 Å². The molecular formula is C7H12O. The first-order valence-electron chi connectivity index (χ1n) is 2.59. The van der Waals surface area contributed by atoms with E-state index < -0.39 is 0 Å². The molecule has 1 nitrogen and oxygen atoms in total. The Bertz CT molecular complexity index is 92.6. The molecule has 0 aromatic heterocycles. The molecular weight excluding hydrogens is 100 g/mol. The second-order valence-electron chi connectivity index (χ2n) is 1.61. The molecule has 1 heteroatoms. The molecule has 0 atom stereocenters. The van der Waals surface area contributed by atoms with Gasteiger partial charge in [-0.1, -0.05) is 24.3 Å². The van der Waals surface area contributed by atoms with Crippen LogP contribution in [0.2, 0.25) is 0 Å². The first-order chi connectivity index (χ1) is 3.81. The zero-order chi connectivity index (χ0) is 6.41. The van der Waals surface area contributed by atoms with Gasteiger partial charge in [-0.2, -0.15) is 0 Å². The maximum atomic E-state index is 4.79.